The second-order valence-electron chi connectivity index (χ2n) is 10.1. The number of piperidine rings is 1. The van der Waals surface area contributed by atoms with Gasteiger partial charge in [-0.25, -0.2) is 9.97 Å². The van der Waals surface area contributed by atoms with E-state index in [1.165, 1.54) is 19.3 Å². The van der Waals surface area contributed by atoms with Crippen LogP contribution < -0.4 is 10.2 Å². The van der Waals surface area contributed by atoms with Crippen LogP contribution in [0.25, 0.3) is 44.6 Å². The number of aromatic nitrogens is 6. The Kier molecular flexibility index (Phi) is 5.34. The second kappa shape index (κ2) is 8.99. The fraction of sp³-hybridized carbons (Fsp3) is 0.321. The predicted molar refractivity (Wildman–Crippen MR) is 144 cm³/mol. The summed E-state index contributed by atoms with van der Waals surface area (Å²) in [6, 6.07) is 10.1. The standard InChI is InChI=1S/C28H28N8O/c37-28(17-5-4-6-17)31-20-13-19(15-29-16-20)18-7-8-22-21(14-18)24(35-34-22)26-32-23-9-10-30-27(25(23)33-26)36-11-2-1-3-12-36/h7-10,13-17H,1-6,11-12H2,(H,31,37)(H,32,33)(H,34,35). The van der Waals surface area contributed by atoms with Crippen LogP contribution >= 0.6 is 0 Å². The van der Waals surface area contributed by atoms with Crippen LogP contribution in [-0.4, -0.2) is 49.1 Å². The molecule has 0 radical (unpaired) electrons. The highest BCUT2D eigenvalue weighted by Gasteiger charge is 2.25. The van der Waals surface area contributed by atoms with Crippen molar-refractivity contribution in [3.05, 3.63) is 48.9 Å². The molecule has 9 nitrogen and oxygen atoms in total. The minimum absolute atomic E-state index is 0.0843. The highest BCUT2D eigenvalue weighted by Crippen LogP contribution is 2.33. The number of pyridine rings is 2. The van der Waals surface area contributed by atoms with Crippen LogP contribution in [0, 0.1) is 5.92 Å². The molecular formula is C28H28N8O. The van der Waals surface area contributed by atoms with Crippen molar-refractivity contribution in [2.45, 2.75) is 38.5 Å². The van der Waals surface area contributed by atoms with Gasteiger partial charge in [0.1, 0.15) is 11.2 Å². The monoisotopic (exact) mass is 492 g/mol. The van der Waals surface area contributed by atoms with Crippen molar-refractivity contribution >= 4 is 39.3 Å². The summed E-state index contributed by atoms with van der Waals surface area (Å²) in [5, 5.41) is 11.7. The van der Waals surface area contributed by atoms with Gasteiger partial charge in [0.25, 0.3) is 0 Å². The molecule has 0 spiro atoms. The Balaban J connectivity index is 1.23. The molecule has 186 valence electrons. The molecule has 1 saturated heterocycles. The Bertz CT molecular complexity index is 1610. The number of imidazole rings is 1. The van der Waals surface area contributed by atoms with Gasteiger partial charge in [-0.3, -0.25) is 14.9 Å². The van der Waals surface area contributed by atoms with Gasteiger partial charge in [-0.05, 0) is 61.9 Å². The largest absolute Gasteiger partial charge is 0.355 e. The quantitative estimate of drug-likeness (QED) is 0.307. The summed E-state index contributed by atoms with van der Waals surface area (Å²) >= 11 is 0. The van der Waals surface area contributed by atoms with Gasteiger partial charge >= 0.3 is 0 Å². The fourth-order valence-electron chi connectivity index (χ4n) is 5.33. The molecule has 1 amide bonds. The molecule has 1 aliphatic carbocycles. The average Bonchev–Trinajstić information content (AvgIpc) is 3.52. The smallest absolute Gasteiger partial charge is 0.227 e. The van der Waals surface area contributed by atoms with Crippen molar-refractivity contribution in [3.8, 4) is 22.6 Å². The molecule has 0 unspecified atom stereocenters. The van der Waals surface area contributed by atoms with Crippen molar-refractivity contribution in [2.24, 2.45) is 5.92 Å². The number of hydrogen-bond acceptors (Lipinski definition) is 6. The van der Waals surface area contributed by atoms with E-state index in [0.717, 1.165) is 82.6 Å². The molecule has 0 atom stereocenters. The van der Waals surface area contributed by atoms with Crippen LogP contribution in [0.15, 0.2) is 48.9 Å². The Labute approximate surface area is 213 Å². The highest BCUT2D eigenvalue weighted by molar-refractivity contribution is 5.97. The van der Waals surface area contributed by atoms with Crippen LogP contribution in [0.4, 0.5) is 11.5 Å². The Morgan fingerprint density at radius 2 is 1.86 bits per heavy atom. The minimum Gasteiger partial charge on any atom is -0.355 e. The van der Waals surface area contributed by atoms with E-state index in [2.05, 4.69) is 41.4 Å². The zero-order valence-corrected chi connectivity index (χ0v) is 20.5. The first-order chi connectivity index (χ1) is 18.2. The summed E-state index contributed by atoms with van der Waals surface area (Å²) in [6.45, 7) is 2.02. The number of carbonyl (C=O) groups is 1. The highest BCUT2D eigenvalue weighted by atomic mass is 16.1. The number of anilines is 2. The number of hydrogen-bond donors (Lipinski definition) is 3. The first kappa shape index (κ1) is 22.0. The van der Waals surface area contributed by atoms with E-state index in [1.54, 1.807) is 6.20 Å². The minimum atomic E-state index is 0.0843. The van der Waals surface area contributed by atoms with Gasteiger partial charge in [-0.15, -0.1) is 0 Å². The number of nitrogens with one attached hydrogen (secondary N) is 3. The van der Waals surface area contributed by atoms with Gasteiger partial charge < -0.3 is 15.2 Å². The van der Waals surface area contributed by atoms with Crippen molar-refractivity contribution < 1.29 is 4.79 Å². The topological polar surface area (TPSA) is 115 Å². The van der Waals surface area contributed by atoms with E-state index >= 15 is 0 Å². The molecule has 2 fully saturated rings. The molecule has 1 saturated carbocycles. The van der Waals surface area contributed by atoms with Crippen LogP contribution in [0.2, 0.25) is 0 Å². The maximum absolute atomic E-state index is 12.4. The molecule has 0 bridgehead atoms. The molecule has 4 aromatic heterocycles. The number of benzene rings is 1. The summed E-state index contributed by atoms with van der Waals surface area (Å²) in [5.74, 6) is 1.86. The fourth-order valence-corrected chi connectivity index (χ4v) is 5.33. The summed E-state index contributed by atoms with van der Waals surface area (Å²) < 4.78 is 0. The molecule has 5 heterocycles. The Morgan fingerprint density at radius 1 is 0.973 bits per heavy atom. The summed E-state index contributed by atoms with van der Waals surface area (Å²) in [5.41, 5.74) is 6.17. The summed E-state index contributed by atoms with van der Waals surface area (Å²) in [6.07, 6.45) is 12.1. The van der Waals surface area contributed by atoms with Gasteiger partial charge in [0.05, 0.1) is 22.9 Å². The second-order valence-corrected chi connectivity index (χ2v) is 10.1. The van der Waals surface area contributed by atoms with E-state index in [4.69, 9.17) is 4.98 Å². The number of rotatable bonds is 5. The SMILES string of the molecule is O=C(Nc1cncc(-c2ccc3[nH]nc(-c4nc5c(N6CCCCC6)nccc5[nH]4)c3c2)c1)C1CCC1. The molecule has 5 aromatic rings. The number of nitrogens with zero attached hydrogens (tertiary/aromatic N) is 5. The van der Waals surface area contributed by atoms with Crippen molar-refractivity contribution in [1.29, 1.82) is 0 Å². The molecule has 2 aliphatic rings. The van der Waals surface area contributed by atoms with Crippen LogP contribution in [0.3, 0.4) is 0 Å². The van der Waals surface area contributed by atoms with E-state index in [1.807, 2.05) is 36.7 Å². The normalized spacial score (nSPS) is 16.3. The number of carbonyl (C=O) groups excluding carboxylic acids is 1. The number of H-pyrrole nitrogens is 2. The van der Waals surface area contributed by atoms with Gasteiger partial charge in [0, 0.05) is 42.4 Å². The predicted octanol–water partition coefficient (Wildman–Crippen LogP) is 5.29. The Morgan fingerprint density at radius 3 is 2.70 bits per heavy atom. The zero-order chi connectivity index (χ0) is 24.8. The lowest BCUT2D eigenvalue weighted by atomic mass is 9.85. The van der Waals surface area contributed by atoms with Crippen molar-refractivity contribution in [2.75, 3.05) is 23.3 Å². The van der Waals surface area contributed by atoms with E-state index in [9.17, 15) is 4.79 Å². The van der Waals surface area contributed by atoms with Gasteiger partial charge in [-0.1, -0.05) is 12.5 Å². The maximum atomic E-state index is 12.4. The number of fused-ring (bicyclic) bond motifs is 2. The van der Waals surface area contributed by atoms with Gasteiger partial charge in [0.2, 0.25) is 5.91 Å². The van der Waals surface area contributed by atoms with Crippen LogP contribution in [-0.2, 0) is 4.79 Å². The first-order valence-electron chi connectivity index (χ1n) is 13.1. The lowest BCUT2D eigenvalue weighted by molar-refractivity contribution is -0.122. The third kappa shape index (κ3) is 4.00. The van der Waals surface area contributed by atoms with Crippen molar-refractivity contribution in [1.82, 2.24) is 30.1 Å². The van der Waals surface area contributed by atoms with Crippen molar-refractivity contribution in [3.63, 3.8) is 0 Å². The lowest BCUT2D eigenvalue weighted by Crippen LogP contribution is -2.30. The zero-order valence-electron chi connectivity index (χ0n) is 20.5. The number of aromatic amines is 2. The summed E-state index contributed by atoms with van der Waals surface area (Å²) in [4.78, 5) is 32.2. The van der Waals surface area contributed by atoms with Gasteiger partial charge in [0.15, 0.2) is 11.6 Å². The molecule has 7 rings (SSSR count). The third-order valence-corrected chi connectivity index (χ3v) is 7.64. The number of amides is 1. The molecule has 1 aliphatic heterocycles. The van der Waals surface area contributed by atoms with Gasteiger partial charge in [-0.2, -0.15) is 5.10 Å². The first-order valence-corrected chi connectivity index (χ1v) is 13.1. The van der Waals surface area contributed by atoms with E-state index < -0.39 is 0 Å². The molecule has 3 N–H and O–H groups in total. The molecule has 1 aromatic carbocycles. The lowest BCUT2D eigenvalue weighted by Gasteiger charge is -2.27. The van der Waals surface area contributed by atoms with Crippen LogP contribution in [0.5, 0.6) is 0 Å². The molecule has 9 heteroatoms. The maximum Gasteiger partial charge on any atom is 0.227 e. The Hall–Kier alpha value is -4.27. The molecular weight excluding hydrogens is 464 g/mol. The van der Waals surface area contributed by atoms with E-state index in [-0.39, 0.29) is 11.8 Å². The summed E-state index contributed by atoms with van der Waals surface area (Å²) in [7, 11) is 0. The molecule has 37 heavy (non-hydrogen) atoms. The van der Waals surface area contributed by atoms with Crippen LogP contribution in [0.1, 0.15) is 38.5 Å². The van der Waals surface area contributed by atoms with E-state index in [0.29, 0.717) is 5.82 Å². The average molecular weight is 493 g/mol. The third-order valence-electron chi connectivity index (χ3n) is 7.64.